The highest BCUT2D eigenvalue weighted by molar-refractivity contribution is 5.93. The van der Waals surface area contributed by atoms with Crippen molar-refractivity contribution < 1.29 is 33.8 Å². The number of hydrogen-bond acceptors (Lipinski definition) is 7. The van der Waals surface area contributed by atoms with Crippen molar-refractivity contribution in [3.8, 4) is 5.75 Å². The first-order valence-electron chi connectivity index (χ1n) is 11.8. The molecule has 2 aromatic carbocycles. The maximum absolute atomic E-state index is 13.8. The fourth-order valence-corrected chi connectivity index (χ4v) is 3.63. The Morgan fingerprint density at radius 3 is 2.27 bits per heavy atom. The van der Waals surface area contributed by atoms with E-state index in [2.05, 4.69) is 15.4 Å². The summed E-state index contributed by atoms with van der Waals surface area (Å²) < 4.78 is 9.93. The first kappa shape index (κ1) is 29.2. The molecule has 3 amide bonds. The number of nitrogens with zero attached hydrogens (tertiary/aromatic N) is 1. The van der Waals surface area contributed by atoms with E-state index in [0.29, 0.717) is 5.56 Å². The molecule has 10 nitrogen and oxygen atoms in total. The molecule has 3 N–H and O–H groups in total. The molecule has 0 aromatic heterocycles. The van der Waals surface area contributed by atoms with Gasteiger partial charge >= 0.3 is 12.1 Å². The van der Waals surface area contributed by atoms with Gasteiger partial charge in [-0.3, -0.25) is 14.4 Å². The molecule has 0 heterocycles. The summed E-state index contributed by atoms with van der Waals surface area (Å²) in [5.41, 5.74) is 0.640. The van der Waals surface area contributed by atoms with E-state index in [1.807, 2.05) is 30.3 Å². The third-order valence-electron chi connectivity index (χ3n) is 5.45. The molecule has 0 saturated carbocycles. The number of benzene rings is 2. The average molecular weight is 514 g/mol. The van der Waals surface area contributed by atoms with E-state index in [-0.39, 0.29) is 17.7 Å². The number of likely N-dealkylation sites (N-methyl/N-ethyl adjacent to an activating group) is 1. The minimum Gasteiger partial charge on any atom is -0.507 e. The van der Waals surface area contributed by atoms with E-state index < -0.39 is 48.1 Å². The van der Waals surface area contributed by atoms with E-state index in [0.717, 1.165) is 10.5 Å². The molecule has 2 aromatic rings. The van der Waals surface area contributed by atoms with Crippen LogP contribution < -0.4 is 10.6 Å². The molecular weight excluding hydrogens is 478 g/mol. The summed E-state index contributed by atoms with van der Waals surface area (Å²) in [6.45, 7) is 6.34. The Labute approximate surface area is 216 Å². The Hall–Kier alpha value is -4.08. The minimum absolute atomic E-state index is 0.125. The predicted molar refractivity (Wildman–Crippen MR) is 137 cm³/mol. The number of nitrogens with one attached hydrogen (secondary N) is 2. The average Bonchev–Trinajstić information content (AvgIpc) is 2.83. The summed E-state index contributed by atoms with van der Waals surface area (Å²) in [6, 6.07) is 11.5. The number of rotatable bonds is 9. The van der Waals surface area contributed by atoms with E-state index in [1.165, 1.54) is 20.2 Å². The molecule has 0 saturated heterocycles. The van der Waals surface area contributed by atoms with Crippen LogP contribution in [0, 0.1) is 6.92 Å². The molecule has 2 atom stereocenters. The van der Waals surface area contributed by atoms with Crippen LogP contribution in [-0.4, -0.2) is 66.2 Å². The topological polar surface area (TPSA) is 134 Å². The Bertz CT molecular complexity index is 1110. The number of phenols is 1. The molecule has 10 heteroatoms. The Kier molecular flexibility index (Phi) is 10.0. The number of para-hydroxylation sites is 1. The third kappa shape index (κ3) is 8.52. The highest BCUT2D eigenvalue weighted by atomic mass is 16.6. The standard InChI is InChI=1S/C27H35N3O7/c1-17-11-10-14-19(23(17)32)22(24(33)28-16-21(31)36-6)30(5)25(34)20(15-18-12-8-7-9-13-18)29-26(35)37-27(2,3)4/h7-14,20,22,32H,15-16H2,1-6H3,(H,28,33)(H,29,35). The molecule has 0 spiro atoms. The normalized spacial score (nSPS) is 12.6. The van der Waals surface area contributed by atoms with Crippen LogP contribution in [0.25, 0.3) is 0 Å². The number of hydrogen-bond donors (Lipinski definition) is 3. The zero-order valence-electron chi connectivity index (χ0n) is 22.0. The van der Waals surface area contributed by atoms with E-state index >= 15 is 0 Å². The number of carbonyl (C=O) groups excluding carboxylic acids is 4. The van der Waals surface area contributed by atoms with Crippen LogP contribution in [0.2, 0.25) is 0 Å². The van der Waals surface area contributed by atoms with Gasteiger partial charge in [-0.25, -0.2) is 4.79 Å². The molecule has 0 radical (unpaired) electrons. The monoisotopic (exact) mass is 513 g/mol. The molecule has 0 aliphatic rings. The molecular formula is C27H35N3O7. The van der Waals surface area contributed by atoms with Gasteiger partial charge < -0.3 is 30.1 Å². The molecule has 200 valence electrons. The van der Waals surface area contributed by atoms with Gasteiger partial charge in [0.15, 0.2) is 0 Å². The second-order valence-electron chi connectivity index (χ2n) is 9.55. The van der Waals surface area contributed by atoms with Crippen molar-refractivity contribution in [2.45, 2.75) is 51.8 Å². The van der Waals surface area contributed by atoms with Crippen molar-refractivity contribution in [1.29, 1.82) is 0 Å². The summed E-state index contributed by atoms with van der Waals surface area (Å²) in [6.07, 6.45) is -0.667. The van der Waals surface area contributed by atoms with Gasteiger partial charge in [-0.15, -0.1) is 0 Å². The number of carbonyl (C=O) groups is 4. The van der Waals surface area contributed by atoms with Gasteiger partial charge in [-0.05, 0) is 38.8 Å². The van der Waals surface area contributed by atoms with Crippen molar-refractivity contribution in [1.82, 2.24) is 15.5 Å². The van der Waals surface area contributed by atoms with Crippen molar-refractivity contribution in [3.05, 3.63) is 65.2 Å². The van der Waals surface area contributed by atoms with Gasteiger partial charge in [0.25, 0.3) is 0 Å². The number of ether oxygens (including phenoxy) is 2. The fraction of sp³-hybridized carbons (Fsp3) is 0.407. The first-order valence-corrected chi connectivity index (χ1v) is 11.8. The van der Waals surface area contributed by atoms with Gasteiger partial charge in [-0.1, -0.05) is 48.5 Å². The second kappa shape index (κ2) is 12.8. The van der Waals surface area contributed by atoms with Crippen molar-refractivity contribution in [3.63, 3.8) is 0 Å². The highest BCUT2D eigenvalue weighted by Gasteiger charge is 2.35. The minimum atomic E-state index is -1.31. The van der Waals surface area contributed by atoms with Gasteiger partial charge in [0, 0.05) is 19.0 Å². The van der Waals surface area contributed by atoms with Crippen LogP contribution in [0.4, 0.5) is 4.79 Å². The zero-order chi connectivity index (χ0) is 27.8. The van der Waals surface area contributed by atoms with Crippen molar-refractivity contribution in [2.24, 2.45) is 0 Å². The molecule has 37 heavy (non-hydrogen) atoms. The van der Waals surface area contributed by atoms with Crippen molar-refractivity contribution in [2.75, 3.05) is 20.7 Å². The molecule has 0 fully saturated rings. The molecule has 0 aliphatic heterocycles. The quantitative estimate of drug-likeness (QED) is 0.439. The smallest absolute Gasteiger partial charge is 0.408 e. The van der Waals surface area contributed by atoms with Crippen LogP contribution in [0.15, 0.2) is 48.5 Å². The van der Waals surface area contributed by atoms with E-state index in [1.54, 1.807) is 39.8 Å². The Morgan fingerprint density at radius 2 is 1.68 bits per heavy atom. The lowest BCUT2D eigenvalue weighted by atomic mass is 9.98. The molecule has 2 rings (SSSR count). The summed E-state index contributed by atoms with van der Waals surface area (Å²) in [7, 11) is 2.58. The molecule has 0 aliphatic carbocycles. The van der Waals surface area contributed by atoms with Crippen LogP contribution in [0.5, 0.6) is 5.75 Å². The highest BCUT2D eigenvalue weighted by Crippen LogP contribution is 2.31. The van der Waals surface area contributed by atoms with E-state index in [9.17, 15) is 24.3 Å². The number of esters is 1. The fourth-order valence-electron chi connectivity index (χ4n) is 3.63. The Morgan fingerprint density at radius 1 is 1.03 bits per heavy atom. The van der Waals surface area contributed by atoms with Crippen LogP contribution in [-0.2, 0) is 30.3 Å². The summed E-state index contributed by atoms with van der Waals surface area (Å²) in [5.74, 6) is -2.16. The largest absolute Gasteiger partial charge is 0.507 e. The number of amides is 3. The summed E-state index contributed by atoms with van der Waals surface area (Å²) in [4.78, 5) is 52.3. The number of methoxy groups -OCH3 is 1. The predicted octanol–water partition coefficient (Wildman–Crippen LogP) is 2.63. The maximum Gasteiger partial charge on any atom is 0.408 e. The first-order chi connectivity index (χ1) is 17.3. The number of alkyl carbamates (subject to hydrolysis) is 1. The van der Waals surface area contributed by atoms with Crippen LogP contribution in [0.3, 0.4) is 0 Å². The summed E-state index contributed by atoms with van der Waals surface area (Å²) >= 11 is 0. The van der Waals surface area contributed by atoms with Gasteiger partial charge in [0.2, 0.25) is 11.8 Å². The Balaban J connectivity index is 2.44. The van der Waals surface area contributed by atoms with Gasteiger partial charge in [0.1, 0.15) is 30.0 Å². The van der Waals surface area contributed by atoms with Crippen LogP contribution >= 0.6 is 0 Å². The lowest BCUT2D eigenvalue weighted by Crippen LogP contribution is -2.52. The maximum atomic E-state index is 13.8. The SMILES string of the molecule is COC(=O)CNC(=O)C(c1cccc(C)c1O)N(C)C(=O)C(Cc1ccccc1)NC(=O)OC(C)(C)C. The number of phenolic OH excluding ortho intramolecular Hbond substituents is 1. The lowest BCUT2D eigenvalue weighted by molar-refractivity contribution is -0.143. The molecule has 2 unspecified atom stereocenters. The molecule has 0 bridgehead atoms. The van der Waals surface area contributed by atoms with E-state index in [4.69, 9.17) is 4.74 Å². The zero-order valence-corrected chi connectivity index (χ0v) is 22.0. The second-order valence-corrected chi connectivity index (χ2v) is 9.55. The third-order valence-corrected chi connectivity index (χ3v) is 5.45. The summed E-state index contributed by atoms with van der Waals surface area (Å²) in [5, 5.41) is 15.8. The van der Waals surface area contributed by atoms with Crippen LogP contribution in [0.1, 0.15) is 43.5 Å². The number of aromatic hydroxyl groups is 1. The number of aryl methyl sites for hydroxylation is 1. The van der Waals surface area contributed by atoms with Gasteiger partial charge in [0.05, 0.1) is 7.11 Å². The van der Waals surface area contributed by atoms with Crippen molar-refractivity contribution >= 4 is 23.9 Å². The van der Waals surface area contributed by atoms with Gasteiger partial charge in [-0.2, -0.15) is 0 Å². The lowest BCUT2D eigenvalue weighted by Gasteiger charge is -2.32.